The molecule has 3 rings (SSSR count). The van der Waals surface area contributed by atoms with E-state index in [1.54, 1.807) is 43.4 Å². The first-order valence-corrected chi connectivity index (χ1v) is 12.0. The van der Waals surface area contributed by atoms with E-state index in [4.69, 9.17) is 0 Å². The third kappa shape index (κ3) is 4.47. The number of allylic oxidation sites excluding steroid dienone is 1. The summed E-state index contributed by atoms with van der Waals surface area (Å²) in [4.78, 5) is 17.1. The van der Waals surface area contributed by atoms with Crippen molar-refractivity contribution in [2.45, 2.75) is 18.7 Å². The maximum atomic E-state index is 12.5. The molecule has 0 fully saturated rings. The van der Waals surface area contributed by atoms with Crippen LogP contribution in [0.2, 0.25) is 0 Å². The van der Waals surface area contributed by atoms with Crippen molar-refractivity contribution in [1.82, 2.24) is 9.29 Å². The van der Waals surface area contributed by atoms with Crippen molar-refractivity contribution in [2.75, 3.05) is 13.1 Å². The Hall–Kier alpha value is -2.13. The van der Waals surface area contributed by atoms with Gasteiger partial charge < -0.3 is 0 Å². The highest BCUT2D eigenvalue weighted by molar-refractivity contribution is 7.89. The first-order valence-electron chi connectivity index (χ1n) is 8.76. The van der Waals surface area contributed by atoms with E-state index >= 15 is 0 Å². The Morgan fingerprint density at radius 2 is 1.82 bits per heavy atom. The molecule has 0 amide bonds. The first kappa shape index (κ1) is 20.6. The zero-order valence-corrected chi connectivity index (χ0v) is 18.0. The molecule has 2 heterocycles. The van der Waals surface area contributed by atoms with Gasteiger partial charge in [-0.2, -0.15) is 15.6 Å². The lowest BCUT2D eigenvalue weighted by Crippen LogP contribution is -2.30. The molecule has 0 aliphatic carbocycles. The van der Waals surface area contributed by atoms with Gasteiger partial charge in [-0.05, 0) is 47.9 Å². The molecule has 0 aliphatic heterocycles. The predicted octanol–water partition coefficient (Wildman–Crippen LogP) is 4.80. The molecule has 146 valence electrons. The zero-order chi connectivity index (χ0) is 20.1. The molecule has 28 heavy (non-hydrogen) atoms. The monoisotopic (exact) mass is 432 g/mol. The van der Waals surface area contributed by atoms with E-state index in [-0.39, 0.29) is 10.7 Å². The molecule has 0 atom stereocenters. The first-order chi connectivity index (χ1) is 13.5. The average Bonchev–Trinajstić information content (AvgIpc) is 3.38. The Bertz CT molecular complexity index is 1060. The van der Waals surface area contributed by atoms with Crippen molar-refractivity contribution in [3.8, 4) is 10.6 Å². The minimum atomic E-state index is -3.52. The second-order valence-corrected chi connectivity index (χ2v) is 9.48. The number of rotatable bonds is 8. The van der Waals surface area contributed by atoms with E-state index < -0.39 is 10.0 Å². The quantitative estimate of drug-likeness (QED) is 0.379. The Morgan fingerprint density at radius 3 is 2.43 bits per heavy atom. The highest BCUT2D eigenvalue weighted by Gasteiger charge is 2.21. The third-order valence-corrected chi connectivity index (χ3v) is 7.83. The Balaban J connectivity index is 1.72. The number of thiophene rings is 1. The molecule has 0 N–H and O–H groups in total. The van der Waals surface area contributed by atoms with Crippen molar-refractivity contribution in [3.05, 3.63) is 63.8 Å². The molecule has 0 unspecified atom stereocenters. The summed E-state index contributed by atoms with van der Waals surface area (Å²) in [7, 11) is -3.52. The number of sulfonamides is 1. The molecule has 3 aromatic rings. The number of thiazole rings is 1. The van der Waals surface area contributed by atoms with Gasteiger partial charge in [-0.15, -0.1) is 11.3 Å². The average molecular weight is 433 g/mol. The summed E-state index contributed by atoms with van der Waals surface area (Å²) in [5.74, 6) is -0.197. The van der Waals surface area contributed by atoms with Crippen LogP contribution >= 0.6 is 22.7 Å². The highest BCUT2D eigenvalue weighted by atomic mass is 32.2. The van der Waals surface area contributed by atoms with Crippen LogP contribution in [0.3, 0.4) is 0 Å². The van der Waals surface area contributed by atoms with E-state index in [9.17, 15) is 13.2 Å². The number of carbonyl (C=O) groups is 1. The highest BCUT2D eigenvalue weighted by Crippen LogP contribution is 2.26. The van der Waals surface area contributed by atoms with Crippen LogP contribution in [0.4, 0.5) is 0 Å². The fourth-order valence-corrected chi connectivity index (χ4v) is 5.60. The number of hydrogen-bond donors (Lipinski definition) is 0. The van der Waals surface area contributed by atoms with Crippen LogP contribution in [-0.4, -0.2) is 36.6 Å². The van der Waals surface area contributed by atoms with Crippen LogP contribution in [0.15, 0.2) is 57.4 Å². The van der Waals surface area contributed by atoms with Gasteiger partial charge in [0.05, 0.1) is 10.6 Å². The van der Waals surface area contributed by atoms with Crippen molar-refractivity contribution >= 4 is 44.6 Å². The summed E-state index contributed by atoms with van der Waals surface area (Å²) in [6.07, 6.45) is 3.13. The molecule has 1 aromatic carbocycles. The maximum Gasteiger partial charge on any atom is 0.243 e. The van der Waals surface area contributed by atoms with E-state index in [1.165, 1.54) is 33.9 Å². The van der Waals surface area contributed by atoms with Crippen molar-refractivity contribution in [3.63, 3.8) is 0 Å². The minimum Gasteiger partial charge on any atom is -0.289 e. The van der Waals surface area contributed by atoms with Gasteiger partial charge in [0.2, 0.25) is 10.0 Å². The van der Waals surface area contributed by atoms with Crippen LogP contribution in [0.1, 0.15) is 29.9 Å². The number of benzene rings is 1. The van der Waals surface area contributed by atoms with E-state index in [2.05, 4.69) is 4.98 Å². The summed E-state index contributed by atoms with van der Waals surface area (Å²) in [5.41, 5.74) is 2.23. The lowest BCUT2D eigenvalue weighted by molar-refractivity contribution is 0.104. The summed E-state index contributed by atoms with van der Waals surface area (Å²) in [6.45, 7) is 4.41. The number of nitrogens with zero attached hydrogens (tertiary/aromatic N) is 2. The van der Waals surface area contributed by atoms with Crippen LogP contribution in [0, 0.1) is 0 Å². The minimum absolute atomic E-state index is 0.191. The van der Waals surface area contributed by atoms with Crippen LogP contribution in [-0.2, 0) is 10.0 Å². The maximum absolute atomic E-state index is 12.5. The van der Waals surface area contributed by atoms with Gasteiger partial charge >= 0.3 is 0 Å². The Kier molecular flexibility index (Phi) is 6.56. The lowest BCUT2D eigenvalue weighted by atomic mass is 10.1. The van der Waals surface area contributed by atoms with Gasteiger partial charge in [-0.3, -0.25) is 4.79 Å². The molecule has 0 radical (unpaired) electrons. The van der Waals surface area contributed by atoms with E-state index in [0.29, 0.717) is 18.7 Å². The summed E-state index contributed by atoms with van der Waals surface area (Å²) < 4.78 is 26.4. The van der Waals surface area contributed by atoms with Crippen LogP contribution in [0.25, 0.3) is 16.6 Å². The summed E-state index contributed by atoms with van der Waals surface area (Å²) in [5, 5.41) is 6.85. The molecule has 0 aliphatic rings. The standard InChI is InChI=1S/C20H20N2O3S3/c1-3-22(4-2)28(24,25)18-8-5-15(6-9-18)19(23)10-7-17-14-27-20(21-17)16-11-12-26-13-16/h5-14H,3-4H2,1-2H3/b10-7+. The van der Waals surface area contributed by atoms with Gasteiger partial charge in [-0.1, -0.05) is 13.8 Å². The molecule has 8 heteroatoms. The molecule has 0 saturated heterocycles. The SMILES string of the molecule is CCN(CC)S(=O)(=O)c1ccc(C(=O)/C=C/c2csc(-c3ccsc3)n2)cc1. The van der Waals surface area contributed by atoms with Crippen molar-refractivity contribution in [1.29, 1.82) is 0 Å². The van der Waals surface area contributed by atoms with Crippen LogP contribution < -0.4 is 0 Å². The molecule has 0 spiro atoms. The summed E-state index contributed by atoms with van der Waals surface area (Å²) in [6, 6.07) is 8.05. The fourth-order valence-electron chi connectivity index (χ4n) is 2.64. The van der Waals surface area contributed by atoms with Gasteiger partial charge in [-0.25, -0.2) is 13.4 Å². The van der Waals surface area contributed by atoms with Gasteiger partial charge in [0, 0.05) is 35.0 Å². The fraction of sp³-hybridized carbons (Fsp3) is 0.200. The molecule has 0 bridgehead atoms. The molecule has 2 aromatic heterocycles. The number of hydrogen-bond acceptors (Lipinski definition) is 6. The third-order valence-electron chi connectivity index (χ3n) is 4.18. The molecule has 5 nitrogen and oxygen atoms in total. The molecule has 0 saturated carbocycles. The number of carbonyl (C=O) groups excluding carboxylic acids is 1. The predicted molar refractivity (Wildman–Crippen MR) is 115 cm³/mol. The summed E-state index contributed by atoms with van der Waals surface area (Å²) >= 11 is 3.14. The van der Waals surface area contributed by atoms with Gasteiger partial charge in [0.1, 0.15) is 5.01 Å². The van der Waals surface area contributed by atoms with Crippen LogP contribution in [0.5, 0.6) is 0 Å². The van der Waals surface area contributed by atoms with Crippen molar-refractivity contribution < 1.29 is 13.2 Å². The zero-order valence-electron chi connectivity index (χ0n) is 15.5. The van der Waals surface area contributed by atoms with Crippen molar-refractivity contribution in [2.24, 2.45) is 0 Å². The topological polar surface area (TPSA) is 67.3 Å². The van der Waals surface area contributed by atoms with E-state index in [0.717, 1.165) is 16.3 Å². The second-order valence-electron chi connectivity index (χ2n) is 5.90. The smallest absolute Gasteiger partial charge is 0.243 e. The second kappa shape index (κ2) is 8.91. The number of ketones is 1. The molecular weight excluding hydrogens is 412 g/mol. The lowest BCUT2D eigenvalue weighted by Gasteiger charge is -2.18. The molecular formula is C20H20N2O3S3. The van der Waals surface area contributed by atoms with Gasteiger partial charge in [0.15, 0.2) is 5.78 Å². The normalized spacial score (nSPS) is 12.1. The van der Waals surface area contributed by atoms with E-state index in [1.807, 2.05) is 22.2 Å². The Labute approximate surface area is 173 Å². The number of aromatic nitrogens is 1. The largest absolute Gasteiger partial charge is 0.289 e. The van der Waals surface area contributed by atoms with Gasteiger partial charge in [0.25, 0.3) is 0 Å². The Morgan fingerprint density at radius 1 is 1.11 bits per heavy atom.